The van der Waals surface area contributed by atoms with Gasteiger partial charge >= 0.3 is 0 Å². The summed E-state index contributed by atoms with van der Waals surface area (Å²) in [6.07, 6.45) is 2.68. The Morgan fingerprint density at radius 2 is 1.81 bits per heavy atom. The molecule has 4 nitrogen and oxygen atoms in total. The zero-order valence-corrected chi connectivity index (χ0v) is 15.1. The zero-order chi connectivity index (χ0) is 18.5. The summed E-state index contributed by atoms with van der Waals surface area (Å²) in [5.41, 5.74) is 1.69. The third-order valence-electron chi connectivity index (χ3n) is 4.62. The molecular weight excluding hydrogens is 324 g/mol. The van der Waals surface area contributed by atoms with Crippen molar-refractivity contribution >= 4 is 16.7 Å². The van der Waals surface area contributed by atoms with Crippen molar-refractivity contribution < 1.29 is 9.90 Å². The average molecular weight is 348 g/mol. The number of nitrogens with zero attached hydrogens (tertiary/aromatic N) is 1. The first-order valence-electron chi connectivity index (χ1n) is 8.90. The topological polar surface area (TPSA) is 62.2 Å². The van der Waals surface area contributed by atoms with E-state index < -0.39 is 6.10 Å². The van der Waals surface area contributed by atoms with E-state index in [9.17, 15) is 9.90 Å². The first-order valence-corrected chi connectivity index (χ1v) is 8.90. The van der Waals surface area contributed by atoms with E-state index in [2.05, 4.69) is 10.3 Å². The van der Waals surface area contributed by atoms with Gasteiger partial charge in [-0.25, -0.2) is 0 Å². The second kappa shape index (κ2) is 8.11. The summed E-state index contributed by atoms with van der Waals surface area (Å²) in [6.45, 7) is 4.20. The van der Waals surface area contributed by atoms with Gasteiger partial charge in [0, 0.05) is 18.9 Å². The fourth-order valence-electron chi connectivity index (χ4n) is 3.24. The maximum absolute atomic E-state index is 12.7. The van der Waals surface area contributed by atoms with Crippen molar-refractivity contribution in [2.24, 2.45) is 5.92 Å². The third kappa shape index (κ3) is 4.09. The fourth-order valence-corrected chi connectivity index (χ4v) is 3.24. The lowest BCUT2D eigenvalue weighted by Crippen LogP contribution is -2.34. The summed E-state index contributed by atoms with van der Waals surface area (Å²) in [6, 6.07) is 17.6. The van der Waals surface area contributed by atoms with Crippen LogP contribution >= 0.6 is 0 Å². The lowest BCUT2D eigenvalue weighted by atomic mass is 9.88. The number of fused-ring (bicyclic) bond motifs is 1. The number of carbonyl (C=O) groups is 1. The number of aromatic nitrogens is 1. The number of rotatable bonds is 6. The molecule has 2 N–H and O–H groups in total. The summed E-state index contributed by atoms with van der Waals surface area (Å²) in [5.74, 6) is -0.239. The number of aliphatic hydroxyl groups excluding tert-OH is 1. The minimum absolute atomic E-state index is 0.0900. The van der Waals surface area contributed by atoms with Crippen LogP contribution in [0.25, 0.3) is 10.8 Å². The van der Waals surface area contributed by atoms with Gasteiger partial charge in [-0.1, -0.05) is 56.3 Å². The van der Waals surface area contributed by atoms with Crippen molar-refractivity contribution in [2.45, 2.75) is 25.9 Å². The number of nitrogens with one attached hydrogen (secondary N) is 1. The molecule has 4 heteroatoms. The van der Waals surface area contributed by atoms with Crippen LogP contribution in [0.15, 0.2) is 67.0 Å². The first kappa shape index (κ1) is 18.1. The van der Waals surface area contributed by atoms with Crippen LogP contribution in [0, 0.1) is 5.92 Å². The van der Waals surface area contributed by atoms with Gasteiger partial charge in [-0.2, -0.15) is 0 Å². The highest BCUT2D eigenvalue weighted by atomic mass is 16.3. The Kier molecular flexibility index (Phi) is 5.64. The van der Waals surface area contributed by atoms with Gasteiger partial charge in [0.05, 0.1) is 12.0 Å². The van der Waals surface area contributed by atoms with Gasteiger partial charge in [0.1, 0.15) is 0 Å². The van der Waals surface area contributed by atoms with E-state index in [1.165, 1.54) is 0 Å². The molecule has 2 atom stereocenters. The number of benzene rings is 2. The summed E-state index contributed by atoms with van der Waals surface area (Å²) in [5, 5.41) is 15.6. The number of hydrogen-bond acceptors (Lipinski definition) is 3. The van der Waals surface area contributed by atoms with E-state index in [1.807, 2.05) is 68.4 Å². The molecule has 0 saturated heterocycles. The molecule has 3 aromatic rings. The molecule has 0 unspecified atom stereocenters. The second-order valence-corrected chi connectivity index (χ2v) is 6.88. The van der Waals surface area contributed by atoms with E-state index in [1.54, 1.807) is 12.4 Å². The van der Waals surface area contributed by atoms with Crippen molar-refractivity contribution in [3.8, 4) is 0 Å². The first-order chi connectivity index (χ1) is 12.6. The fraction of sp³-hybridized carbons (Fsp3) is 0.273. The van der Waals surface area contributed by atoms with E-state index in [0.29, 0.717) is 0 Å². The largest absolute Gasteiger partial charge is 0.387 e. The summed E-state index contributed by atoms with van der Waals surface area (Å²) < 4.78 is 0. The number of hydrogen-bond donors (Lipinski definition) is 2. The predicted molar refractivity (Wildman–Crippen MR) is 104 cm³/mol. The molecule has 0 aliphatic rings. The second-order valence-electron chi connectivity index (χ2n) is 6.88. The van der Waals surface area contributed by atoms with E-state index in [-0.39, 0.29) is 24.3 Å². The lowest BCUT2D eigenvalue weighted by Gasteiger charge is -2.21. The summed E-state index contributed by atoms with van der Waals surface area (Å²) in [7, 11) is 0. The van der Waals surface area contributed by atoms with Crippen LogP contribution in [0.4, 0.5) is 0 Å². The highest BCUT2D eigenvalue weighted by Gasteiger charge is 2.24. The van der Waals surface area contributed by atoms with Gasteiger partial charge in [-0.05, 0) is 39.9 Å². The Morgan fingerprint density at radius 3 is 2.50 bits per heavy atom. The molecule has 1 aromatic heterocycles. The normalized spacial score (nSPS) is 13.5. The maximum Gasteiger partial charge on any atom is 0.227 e. The van der Waals surface area contributed by atoms with Crippen LogP contribution in [-0.4, -0.2) is 22.5 Å². The summed E-state index contributed by atoms with van der Waals surface area (Å²) >= 11 is 0. The molecule has 0 bridgehead atoms. The molecular formula is C22H24N2O2. The van der Waals surface area contributed by atoms with Gasteiger partial charge in [0.15, 0.2) is 0 Å². The third-order valence-corrected chi connectivity index (χ3v) is 4.62. The van der Waals surface area contributed by atoms with Gasteiger partial charge in [-0.15, -0.1) is 0 Å². The van der Waals surface area contributed by atoms with E-state index >= 15 is 0 Å². The van der Waals surface area contributed by atoms with Gasteiger partial charge in [-0.3, -0.25) is 9.78 Å². The highest BCUT2D eigenvalue weighted by Crippen LogP contribution is 2.24. The Labute approximate surface area is 153 Å². The standard InChI is InChI=1S/C22H24N2O2/c1-15(2)21(19-8-5-11-23-13-19)22(26)24-14-20(25)18-10-9-16-6-3-4-7-17(16)12-18/h3-13,15,20-21,25H,14H2,1-2H3,(H,24,26)/t20-,21+/m1/s1. The molecule has 26 heavy (non-hydrogen) atoms. The monoisotopic (exact) mass is 348 g/mol. The van der Waals surface area contributed by atoms with Crippen LogP contribution in [0.2, 0.25) is 0 Å². The molecule has 2 aromatic carbocycles. The van der Waals surface area contributed by atoms with Gasteiger partial charge in [0.25, 0.3) is 0 Å². The van der Waals surface area contributed by atoms with Crippen LogP contribution in [0.5, 0.6) is 0 Å². The average Bonchev–Trinajstić information content (AvgIpc) is 2.66. The molecule has 0 fully saturated rings. The molecule has 0 aliphatic carbocycles. The van der Waals surface area contributed by atoms with E-state index in [4.69, 9.17) is 0 Å². The molecule has 1 heterocycles. The van der Waals surface area contributed by atoms with Crippen LogP contribution in [0.3, 0.4) is 0 Å². The Hall–Kier alpha value is -2.72. The molecule has 0 aliphatic heterocycles. The Balaban J connectivity index is 1.69. The lowest BCUT2D eigenvalue weighted by molar-refractivity contribution is -0.124. The Morgan fingerprint density at radius 1 is 1.04 bits per heavy atom. The van der Waals surface area contributed by atoms with Crippen molar-refractivity contribution in [3.05, 3.63) is 78.1 Å². The van der Waals surface area contributed by atoms with Crippen molar-refractivity contribution in [3.63, 3.8) is 0 Å². The molecule has 3 rings (SSSR count). The number of pyridine rings is 1. The highest BCUT2D eigenvalue weighted by molar-refractivity contribution is 5.84. The smallest absolute Gasteiger partial charge is 0.227 e. The summed E-state index contributed by atoms with van der Waals surface area (Å²) in [4.78, 5) is 16.8. The van der Waals surface area contributed by atoms with Crippen LogP contribution in [0.1, 0.15) is 37.0 Å². The molecule has 0 spiro atoms. The van der Waals surface area contributed by atoms with Crippen molar-refractivity contribution in [1.82, 2.24) is 10.3 Å². The molecule has 0 radical (unpaired) electrons. The van der Waals surface area contributed by atoms with Crippen molar-refractivity contribution in [1.29, 1.82) is 0 Å². The maximum atomic E-state index is 12.7. The number of carbonyl (C=O) groups excluding carboxylic acids is 1. The minimum atomic E-state index is -0.745. The van der Waals surface area contributed by atoms with Crippen LogP contribution < -0.4 is 5.32 Å². The van der Waals surface area contributed by atoms with Gasteiger partial charge in [0.2, 0.25) is 5.91 Å². The predicted octanol–water partition coefficient (Wildman–Crippen LogP) is 3.82. The molecule has 0 saturated carbocycles. The number of amides is 1. The van der Waals surface area contributed by atoms with E-state index in [0.717, 1.165) is 21.9 Å². The Bertz CT molecular complexity index is 877. The quantitative estimate of drug-likeness (QED) is 0.712. The van der Waals surface area contributed by atoms with Gasteiger partial charge < -0.3 is 10.4 Å². The molecule has 134 valence electrons. The minimum Gasteiger partial charge on any atom is -0.387 e. The SMILES string of the molecule is CC(C)[C@H](C(=O)NC[C@@H](O)c1ccc2ccccc2c1)c1cccnc1. The van der Waals surface area contributed by atoms with Crippen LogP contribution in [-0.2, 0) is 4.79 Å². The van der Waals surface area contributed by atoms with Crippen molar-refractivity contribution in [2.75, 3.05) is 6.54 Å². The molecule has 1 amide bonds. The number of aliphatic hydroxyl groups is 1. The zero-order valence-electron chi connectivity index (χ0n) is 15.1.